The number of aliphatic carboxylic acids is 1. The molecule has 4 atom stereocenters. The van der Waals surface area contributed by atoms with Crippen molar-refractivity contribution in [3.63, 3.8) is 0 Å². The van der Waals surface area contributed by atoms with Crippen LogP contribution < -0.4 is 0 Å². The number of ether oxygens (including phenoxy) is 1. The minimum Gasteiger partial charge on any atom is -0.481 e. The molecule has 0 amide bonds. The first-order chi connectivity index (χ1) is 5.68. The van der Waals surface area contributed by atoms with E-state index >= 15 is 0 Å². The molecule has 68 valence electrons. The van der Waals surface area contributed by atoms with Gasteiger partial charge in [0, 0.05) is 5.92 Å². The first-order valence-electron chi connectivity index (χ1n) is 4.56. The molecule has 2 heterocycles. The maximum atomic E-state index is 10.7. The summed E-state index contributed by atoms with van der Waals surface area (Å²) >= 11 is 0. The number of hydrogen-bond acceptors (Lipinski definition) is 2. The van der Waals surface area contributed by atoms with Crippen LogP contribution in [0.4, 0.5) is 0 Å². The Hall–Kier alpha value is -0.570. The lowest BCUT2D eigenvalue weighted by Crippen LogP contribution is -2.28. The molecule has 0 aromatic rings. The summed E-state index contributed by atoms with van der Waals surface area (Å²) in [5.41, 5.74) is 0. The molecule has 2 aliphatic rings. The second kappa shape index (κ2) is 2.73. The third-order valence-corrected chi connectivity index (χ3v) is 3.18. The van der Waals surface area contributed by atoms with E-state index < -0.39 is 5.97 Å². The third kappa shape index (κ3) is 1.12. The van der Waals surface area contributed by atoms with Crippen molar-refractivity contribution in [2.24, 2.45) is 11.8 Å². The molecule has 2 rings (SSSR count). The van der Waals surface area contributed by atoms with Gasteiger partial charge in [-0.15, -0.1) is 0 Å². The van der Waals surface area contributed by atoms with E-state index in [1.807, 2.05) is 0 Å². The van der Waals surface area contributed by atoms with Crippen LogP contribution >= 0.6 is 0 Å². The Morgan fingerprint density at radius 1 is 1.58 bits per heavy atom. The number of carboxylic acid groups (broad SMARTS) is 1. The molecular weight excluding hydrogens is 156 g/mol. The van der Waals surface area contributed by atoms with Crippen LogP contribution in [0.25, 0.3) is 0 Å². The molecule has 2 fully saturated rings. The van der Waals surface area contributed by atoms with Crippen LogP contribution in [0, 0.1) is 11.8 Å². The molecule has 3 unspecified atom stereocenters. The zero-order chi connectivity index (χ0) is 8.72. The van der Waals surface area contributed by atoms with Crippen LogP contribution in [0.1, 0.15) is 26.2 Å². The van der Waals surface area contributed by atoms with Crippen molar-refractivity contribution < 1.29 is 14.6 Å². The lowest BCUT2D eigenvalue weighted by Gasteiger charge is -2.21. The van der Waals surface area contributed by atoms with E-state index in [4.69, 9.17) is 9.84 Å². The molecular formula is C9H14O3. The summed E-state index contributed by atoms with van der Waals surface area (Å²) in [4.78, 5) is 10.7. The van der Waals surface area contributed by atoms with Crippen LogP contribution in [0.3, 0.4) is 0 Å². The van der Waals surface area contributed by atoms with E-state index in [9.17, 15) is 4.79 Å². The molecule has 2 saturated heterocycles. The van der Waals surface area contributed by atoms with E-state index in [1.165, 1.54) is 0 Å². The molecule has 2 aliphatic heterocycles. The number of fused-ring (bicyclic) bond motifs is 2. The van der Waals surface area contributed by atoms with Gasteiger partial charge in [-0.3, -0.25) is 4.79 Å². The second-order valence-corrected chi connectivity index (χ2v) is 3.90. The Bertz CT molecular complexity index is 202. The standard InChI is InChI=1S/C9H14O3/c1-5(9(10)11)7-4-6-2-3-8(7)12-6/h5-8H,2-4H2,1H3,(H,10,11)/t5-,6?,7?,8?/m0/s1. The van der Waals surface area contributed by atoms with Gasteiger partial charge in [-0.1, -0.05) is 6.92 Å². The average molecular weight is 170 g/mol. The predicted molar refractivity (Wildman–Crippen MR) is 42.8 cm³/mol. The molecule has 0 aromatic carbocycles. The van der Waals surface area contributed by atoms with Crippen LogP contribution in [0.2, 0.25) is 0 Å². The smallest absolute Gasteiger partial charge is 0.306 e. The summed E-state index contributed by atoms with van der Waals surface area (Å²) in [5.74, 6) is -0.655. The quantitative estimate of drug-likeness (QED) is 0.679. The highest BCUT2D eigenvalue weighted by atomic mass is 16.5. The van der Waals surface area contributed by atoms with Gasteiger partial charge in [-0.2, -0.15) is 0 Å². The highest BCUT2D eigenvalue weighted by Crippen LogP contribution is 2.42. The molecule has 1 N–H and O–H groups in total. The number of carbonyl (C=O) groups is 1. The first kappa shape index (κ1) is 8.05. The predicted octanol–water partition coefficient (Wildman–Crippen LogP) is 1.27. The molecule has 0 aromatic heterocycles. The van der Waals surface area contributed by atoms with Gasteiger partial charge in [0.25, 0.3) is 0 Å². The van der Waals surface area contributed by atoms with Crippen molar-refractivity contribution in [1.82, 2.24) is 0 Å². The SMILES string of the molecule is C[C@H](C(=O)O)C1CC2CCC1O2. The Kier molecular flexibility index (Phi) is 1.83. The van der Waals surface area contributed by atoms with E-state index in [0.29, 0.717) is 6.10 Å². The summed E-state index contributed by atoms with van der Waals surface area (Å²) < 4.78 is 5.59. The largest absolute Gasteiger partial charge is 0.481 e. The lowest BCUT2D eigenvalue weighted by atomic mass is 9.81. The number of hydrogen-bond donors (Lipinski definition) is 1. The molecule has 2 bridgehead atoms. The summed E-state index contributed by atoms with van der Waals surface area (Å²) in [6.45, 7) is 1.79. The van der Waals surface area contributed by atoms with Crippen molar-refractivity contribution in [3.05, 3.63) is 0 Å². The van der Waals surface area contributed by atoms with Crippen LogP contribution in [0.5, 0.6) is 0 Å². The topological polar surface area (TPSA) is 46.5 Å². The van der Waals surface area contributed by atoms with Crippen molar-refractivity contribution in [3.8, 4) is 0 Å². The minimum absolute atomic E-state index is 0.236. The molecule has 0 aliphatic carbocycles. The maximum Gasteiger partial charge on any atom is 0.306 e. The van der Waals surface area contributed by atoms with Crippen molar-refractivity contribution in [1.29, 1.82) is 0 Å². The van der Waals surface area contributed by atoms with Crippen molar-refractivity contribution in [2.45, 2.75) is 38.4 Å². The zero-order valence-electron chi connectivity index (χ0n) is 7.19. The second-order valence-electron chi connectivity index (χ2n) is 3.90. The molecule has 0 saturated carbocycles. The molecule has 3 heteroatoms. The normalized spacial score (nSPS) is 41.6. The van der Waals surface area contributed by atoms with Gasteiger partial charge in [0.05, 0.1) is 18.1 Å². The van der Waals surface area contributed by atoms with Gasteiger partial charge in [0.1, 0.15) is 0 Å². The van der Waals surface area contributed by atoms with E-state index in [0.717, 1.165) is 19.3 Å². The Balaban J connectivity index is 2.02. The summed E-state index contributed by atoms with van der Waals surface area (Å²) in [6.07, 6.45) is 3.75. The van der Waals surface area contributed by atoms with Crippen LogP contribution in [-0.4, -0.2) is 23.3 Å². The van der Waals surface area contributed by atoms with Gasteiger partial charge < -0.3 is 9.84 Å². The van der Waals surface area contributed by atoms with Crippen molar-refractivity contribution >= 4 is 5.97 Å². The fourth-order valence-electron chi connectivity index (χ4n) is 2.39. The van der Waals surface area contributed by atoms with Crippen molar-refractivity contribution in [2.75, 3.05) is 0 Å². The van der Waals surface area contributed by atoms with Gasteiger partial charge >= 0.3 is 5.97 Å². The highest BCUT2D eigenvalue weighted by molar-refractivity contribution is 5.70. The van der Waals surface area contributed by atoms with Crippen LogP contribution in [-0.2, 0) is 9.53 Å². The maximum absolute atomic E-state index is 10.7. The zero-order valence-corrected chi connectivity index (χ0v) is 7.19. The fourth-order valence-corrected chi connectivity index (χ4v) is 2.39. The molecule has 3 nitrogen and oxygen atoms in total. The monoisotopic (exact) mass is 170 g/mol. The van der Waals surface area contributed by atoms with E-state index in [1.54, 1.807) is 6.92 Å². The summed E-state index contributed by atoms with van der Waals surface area (Å²) in [5, 5.41) is 8.81. The molecule has 0 radical (unpaired) electrons. The fraction of sp³-hybridized carbons (Fsp3) is 0.889. The van der Waals surface area contributed by atoms with E-state index in [-0.39, 0.29) is 17.9 Å². The van der Waals surface area contributed by atoms with Gasteiger partial charge in [-0.05, 0) is 19.3 Å². The Morgan fingerprint density at radius 2 is 2.33 bits per heavy atom. The first-order valence-corrected chi connectivity index (χ1v) is 4.56. The Labute approximate surface area is 71.7 Å². The van der Waals surface area contributed by atoms with Crippen LogP contribution in [0.15, 0.2) is 0 Å². The van der Waals surface area contributed by atoms with E-state index in [2.05, 4.69) is 0 Å². The molecule has 12 heavy (non-hydrogen) atoms. The number of carboxylic acids is 1. The molecule has 0 spiro atoms. The summed E-state index contributed by atoms with van der Waals surface area (Å²) in [6, 6.07) is 0. The van der Waals surface area contributed by atoms with Gasteiger partial charge in [0.2, 0.25) is 0 Å². The third-order valence-electron chi connectivity index (χ3n) is 3.18. The van der Waals surface area contributed by atoms with Gasteiger partial charge in [0.15, 0.2) is 0 Å². The Morgan fingerprint density at radius 3 is 2.75 bits per heavy atom. The average Bonchev–Trinajstić information content (AvgIpc) is 2.62. The number of rotatable bonds is 2. The highest BCUT2D eigenvalue weighted by Gasteiger charge is 2.44. The minimum atomic E-state index is -0.684. The summed E-state index contributed by atoms with van der Waals surface area (Å²) in [7, 11) is 0. The lowest BCUT2D eigenvalue weighted by molar-refractivity contribution is -0.143. The van der Waals surface area contributed by atoms with Gasteiger partial charge in [-0.25, -0.2) is 0 Å².